The standard InChI is InChI=1S/C20H23N3O2/c1-13(14-7-5-4-6-8-14)23-18-12-16(19(24)22(2)3)10-9-15(18)11-17(21)20(23)25/h4-10,12-13,17H,11,21H2,1-3H3/t13-,17+/m0/s1. The van der Waals surface area contributed by atoms with Crippen molar-refractivity contribution in [3.63, 3.8) is 0 Å². The second-order valence-electron chi connectivity index (χ2n) is 6.65. The van der Waals surface area contributed by atoms with E-state index in [4.69, 9.17) is 5.73 Å². The van der Waals surface area contributed by atoms with Crippen LogP contribution in [0.3, 0.4) is 0 Å². The monoisotopic (exact) mass is 337 g/mol. The van der Waals surface area contributed by atoms with Crippen LogP contribution in [0.2, 0.25) is 0 Å². The third-order valence-corrected chi connectivity index (χ3v) is 4.66. The maximum atomic E-state index is 12.8. The van der Waals surface area contributed by atoms with Gasteiger partial charge in [0.25, 0.3) is 5.91 Å². The van der Waals surface area contributed by atoms with Crippen molar-refractivity contribution in [3.05, 3.63) is 65.2 Å². The summed E-state index contributed by atoms with van der Waals surface area (Å²) in [5, 5.41) is 0. The molecule has 1 aliphatic rings. The Bertz CT molecular complexity index is 802. The molecule has 0 aliphatic carbocycles. The number of nitrogens with two attached hydrogens (primary N) is 1. The van der Waals surface area contributed by atoms with Crippen LogP contribution in [-0.2, 0) is 11.2 Å². The summed E-state index contributed by atoms with van der Waals surface area (Å²) in [5.74, 6) is -0.198. The van der Waals surface area contributed by atoms with Crippen LogP contribution in [0.4, 0.5) is 5.69 Å². The van der Waals surface area contributed by atoms with Gasteiger partial charge in [0, 0.05) is 25.3 Å². The molecular weight excluding hydrogens is 314 g/mol. The zero-order chi connectivity index (χ0) is 18.1. The topological polar surface area (TPSA) is 66.6 Å². The molecule has 3 rings (SSSR count). The third-order valence-electron chi connectivity index (χ3n) is 4.66. The fourth-order valence-corrected chi connectivity index (χ4v) is 3.25. The number of nitrogens with zero attached hydrogens (tertiary/aromatic N) is 2. The summed E-state index contributed by atoms with van der Waals surface area (Å²) >= 11 is 0. The summed E-state index contributed by atoms with van der Waals surface area (Å²) < 4.78 is 0. The van der Waals surface area contributed by atoms with E-state index in [0.29, 0.717) is 12.0 Å². The summed E-state index contributed by atoms with van der Waals surface area (Å²) in [6, 6.07) is 14.6. The van der Waals surface area contributed by atoms with Gasteiger partial charge in [0.1, 0.15) is 0 Å². The molecule has 0 aromatic heterocycles. The molecule has 5 nitrogen and oxygen atoms in total. The van der Waals surface area contributed by atoms with E-state index in [1.165, 1.54) is 4.90 Å². The first-order valence-electron chi connectivity index (χ1n) is 8.38. The largest absolute Gasteiger partial charge is 0.345 e. The lowest BCUT2D eigenvalue weighted by Crippen LogP contribution is -2.49. The van der Waals surface area contributed by atoms with E-state index >= 15 is 0 Å². The molecule has 0 fully saturated rings. The highest BCUT2D eigenvalue weighted by Crippen LogP contribution is 2.35. The van der Waals surface area contributed by atoms with Crippen LogP contribution in [0.25, 0.3) is 0 Å². The van der Waals surface area contributed by atoms with Crippen molar-refractivity contribution in [2.45, 2.75) is 25.4 Å². The number of amides is 2. The van der Waals surface area contributed by atoms with Gasteiger partial charge in [-0.3, -0.25) is 9.59 Å². The van der Waals surface area contributed by atoms with Crippen molar-refractivity contribution < 1.29 is 9.59 Å². The molecule has 0 saturated carbocycles. The van der Waals surface area contributed by atoms with E-state index in [1.807, 2.05) is 43.3 Å². The minimum absolute atomic E-state index is 0.0857. The Morgan fingerprint density at radius 1 is 1.20 bits per heavy atom. The Hall–Kier alpha value is -2.66. The fourth-order valence-electron chi connectivity index (χ4n) is 3.25. The Balaban J connectivity index is 2.08. The summed E-state index contributed by atoms with van der Waals surface area (Å²) in [6.45, 7) is 1.98. The van der Waals surface area contributed by atoms with Gasteiger partial charge >= 0.3 is 0 Å². The highest BCUT2D eigenvalue weighted by molar-refractivity contribution is 6.03. The lowest BCUT2D eigenvalue weighted by molar-refractivity contribution is -0.120. The van der Waals surface area contributed by atoms with Crippen molar-refractivity contribution in [1.82, 2.24) is 4.90 Å². The first-order valence-corrected chi connectivity index (χ1v) is 8.38. The Morgan fingerprint density at radius 2 is 1.88 bits per heavy atom. The molecule has 2 amide bonds. The van der Waals surface area contributed by atoms with Gasteiger partial charge in [0.05, 0.1) is 12.1 Å². The van der Waals surface area contributed by atoms with E-state index < -0.39 is 6.04 Å². The molecule has 2 aromatic rings. The molecule has 1 heterocycles. The summed E-state index contributed by atoms with van der Waals surface area (Å²) in [7, 11) is 3.43. The first-order chi connectivity index (χ1) is 11.9. The molecule has 2 aromatic carbocycles. The maximum absolute atomic E-state index is 12.8. The van der Waals surface area contributed by atoms with Crippen molar-refractivity contribution in [1.29, 1.82) is 0 Å². The molecule has 2 N–H and O–H groups in total. The number of anilines is 1. The highest BCUT2D eigenvalue weighted by Gasteiger charge is 2.34. The highest BCUT2D eigenvalue weighted by atomic mass is 16.2. The predicted octanol–water partition coefficient (Wildman–Crippen LogP) is 2.37. The van der Waals surface area contributed by atoms with Crippen molar-refractivity contribution >= 4 is 17.5 Å². The molecule has 0 spiro atoms. The van der Waals surface area contributed by atoms with Gasteiger partial charge in [-0.05, 0) is 36.6 Å². The number of hydrogen-bond donors (Lipinski definition) is 1. The average Bonchev–Trinajstić information content (AvgIpc) is 2.62. The molecule has 25 heavy (non-hydrogen) atoms. The number of carbonyl (C=O) groups excluding carboxylic acids is 2. The van der Waals surface area contributed by atoms with Gasteiger partial charge in [-0.2, -0.15) is 0 Å². The number of carbonyl (C=O) groups is 2. The number of rotatable bonds is 3. The van der Waals surface area contributed by atoms with Crippen LogP contribution in [0.1, 0.15) is 34.5 Å². The fraction of sp³-hybridized carbons (Fsp3) is 0.300. The molecule has 0 saturated heterocycles. The molecule has 2 atom stereocenters. The third kappa shape index (κ3) is 3.15. The van der Waals surface area contributed by atoms with Crippen LogP contribution in [-0.4, -0.2) is 36.9 Å². The SMILES string of the molecule is C[C@@H](c1ccccc1)N1C(=O)[C@H](N)Cc2ccc(C(=O)N(C)C)cc21. The summed E-state index contributed by atoms with van der Waals surface area (Å²) in [4.78, 5) is 28.4. The van der Waals surface area contributed by atoms with Crippen LogP contribution >= 0.6 is 0 Å². The lowest BCUT2D eigenvalue weighted by atomic mass is 9.93. The van der Waals surface area contributed by atoms with Crippen molar-refractivity contribution in [2.75, 3.05) is 19.0 Å². The zero-order valence-electron chi connectivity index (χ0n) is 14.8. The van der Waals surface area contributed by atoms with E-state index in [1.54, 1.807) is 31.1 Å². The first kappa shape index (κ1) is 17.2. The van der Waals surface area contributed by atoms with Crippen LogP contribution in [0, 0.1) is 0 Å². The van der Waals surface area contributed by atoms with Crippen molar-refractivity contribution in [2.24, 2.45) is 5.73 Å². The van der Waals surface area contributed by atoms with Gasteiger partial charge in [-0.25, -0.2) is 0 Å². The smallest absolute Gasteiger partial charge is 0.253 e. The van der Waals surface area contributed by atoms with Crippen LogP contribution in [0.15, 0.2) is 48.5 Å². The minimum Gasteiger partial charge on any atom is -0.345 e. The predicted molar refractivity (Wildman–Crippen MR) is 98.5 cm³/mol. The van der Waals surface area contributed by atoms with E-state index in [9.17, 15) is 9.59 Å². The van der Waals surface area contributed by atoms with Gasteiger partial charge in [0.15, 0.2) is 0 Å². The molecule has 0 radical (unpaired) electrons. The van der Waals surface area contributed by atoms with Gasteiger partial charge in [-0.1, -0.05) is 36.4 Å². The molecule has 0 bridgehead atoms. The van der Waals surface area contributed by atoms with Crippen molar-refractivity contribution in [3.8, 4) is 0 Å². The van der Waals surface area contributed by atoms with Crippen LogP contribution in [0.5, 0.6) is 0 Å². The molecule has 1 aliphatic heterocycles. The van der Waals surface area contributed by atoms with Gasteiger partial charge in [0.2, 0.25) is 5.91 Å². The quantitative estimate of drug-likeness (QED) is 0.935. The Labute approximate surface area is 148 Å². The maximum Gasteiger partial charge on any atom is 0.253 e. The van der Waals surface area contributed by atoms with Gasteiger partial charge < -0.3 is 15.5 Å². The normalized spacial score (nSPS) is 17.8. The van der Waals surface area contributed by atoms with E-state index in [2.05, 4.69) is 0 Å². The summed E-state index contributed by atoms with van der Waals surface area (Å²) in [5.41, 5.74) is 9.44. The van der Waals surface area contributed by atoms with E-state index in [0.717, 1.165) is 16.8 Å². The van der Waals surface area contributed by atoms with Gasteiger partial charge in [-0.15, -0.1) is 0 Å². The average molecular weight is 337 g/mol. The Kier molecular flexibility index (Phi) is 4.59. The summed E-state index contributed by atoms with van der Waals surface area (Å²) in [6.07, 6.45) is 0.489. The second-order valence-corrected chi connectivity index (χ2v) is 6.65. The van der Waals surface area contributed by atoms with E-state index in [-0.39, 0.29) is 17.9 Å². The lowest BCUT2D eigenvalue weighted by Gasteiger charge is -2.37. The molecule has 5 heteroatoms. The molecule has 0 unspecified atom stereocenters. The molecular formula is C20H23N3O2. The second kappa shape index (κ2) is 6.69. The minimum atomic E-state index is -0.561. The zero-order valence-corrected chi connectivity index (χ0v) is 14.8. The Morgan fingerprint density at radius 3 is 2.52 bits per heavy atom. The number of benzene rings is 2. The number of hydrogen-bond acceptors (Lipinski definition) is 3. The molecule has 130 valence electrons. The van der Waals surface area contributed by atoms with Crippen LogP contribution < -0.4 is 10.6 Å². The number of fused-ring (bicyclic) bond motifs is 1.